The fourth-order valence-electron chi connectivity index (χ4n) is 2.65. The first-order valence-corrected chi connectivity index (χ1v) is 8.84. The van der Waals surface area contributed by atoms with Crippen LogP contribution in [0.2, 0.25) is 0 Å². The number of likely N-dealkylation sites (N-methyl/N-ethyl adjacent to an activating group) is 1. The van der Waals surface area contributed by atoms with E-state index in [0.29, 0.717) is 5.11 Å². The van der Waals surface area contributed by atoms with Crippen LogP contribution in [0.3, 0.4) is 0 Å². The van der Waals surface area contributed by atoms with Crippen molar-refractivity contribution in [1.29, 1.82) is 0 Å². The van der Waals surface area contributed by atoms with Gasteiger partial charge in [0, 0.05) is 31.0 Å². The molecule has 0 spiro atoms. The van der Waals surface area contributed by atoms with Crippen LogP contribution < -0.4 is 15.5 Å². The van der Waals surface area contributed by atoms with Gasteiger partial charge in [-0.15, -0.1) is 0 Å². The van der Waals surface area contributed by atoms with Crippen LogP contribution in [0.15, 0.2) is 42.5 Å². The van der Waals surface area contributed by atoms with Crippen molar-refractivity contribution in [2.75, 3.05) is 29.9 Å². The molecule has 2 aromatic carbocycles. The summed E-state index contributed by atoms with van der Waals surface area (Å²) in [7, 11) is 0. The Hall–Kier alpha value is -2.07. The molecule has 24 heavy (non-hydrogen) atoms. The third-order valence-corrected chi connectivity index (χ3v) is 4.32. The van der Waals surface area contributed by atoms with Gasteiger partial charge < -0.3 is 15.5 Å². The van der Waals surface area contributed by atoms with E-state index in [1.807, 2.05) is 0 Å². The minimum Gasteiger partial charge on any atom is -0.370 e. The second-order valence-corrected chi connectivity index (χ2v) is 6.52. The average molecular weight is 342 g/mol. The van der Waals surface area contributed by atoms with Crippen LogP contribution in [0.25, 0.3) is 0 Å². The molecule has 2 N–H and O–H groups in total. The zero-order chi connectivity index (χ0) is 17.5. The highest BCUT2D eigenvalue weighted by Crippen LogP contribution is 2.16. The van der Waals surface area contributed by atoms with Crippen molar-refractivity contribution in [2.24, 2.45) is 0 Å². The Morgan fingerprint density at radius 3 is 2.29 bits per heavy atom. The lowest BCUT2D eigenvalue weighted by Crippen LogP contribution is -2.37. The zero-order valence-corrected chi connectivity index (χ0v) is 15.8. The molecular weight excluding hydrogens is 314 g/mol. The van der Waals surface area contributed by atoms with Crippen molar-refractivity contribution in [3.05, 3.63) is 59.2 Å². The Morgan fingerprint density at radius 1 is 1.00 bits per heavy atom. The van der Waals surface area contributed by atoms with E-state index in [1.54, 1.807) is 0 Å². The highest BCUT2D eigenvalue weighted by molar-refractivity contribution is 7.80. The lowest BCUT2D eigenvalue weighted by atomic mass is 10.1. The standard InChI is InChI=1S/C20H27N3S/c1-5-23(18-9-6-15(2)7-10-18)13-12-21-20(24)22-19-11-8-16(3)14-17(19)4/h6-11,14H,5,12-13H2,1-4H3,(H2,21,22,24). The van der Waals surface area contributed by atoms with E-state index in [1.165, 1.54) is 22.4 Å². The molecule has 2 aromatic rings. The van der Waals surface area contributed by atoms with Crippen LogP contribution in [0.5, 0.6) is 0 Å². The molecule has 0 unspecified atom stereocenters. The number of aryl methyl sites for hydroxylation is 3. The molecule has 0 saturated heterocycles. The van der Waals surface area contributed by atoms with Crippen molar-refractivity contribution in [2.45, 2.75) is 27.7 Å². The predicted octanol–water partition coefficient (Wildman–Crippen LogP) is 4.42. The predicted molar refractivity (Wildman–Crippen MR) is 109 cm³/mol. The second kappa shape index (κ2) is 8.69. The van der Waals surface area contributed by atoms with Gasteiger partial charge in [-0.2, -0.15) is 0 Å². The van der Waals surface area contributed by atoms with Crippen molar-refractivity contribution in [3.63, 3.8) is 0 Å². The van der Waals surface area contributed by atoms with Crippen LogP contribution >= 0.6 is 12.2 Å². The summed E-state index contributed by atoms with van der Waals surface area (Å²) in [4.78, 5) is 2.34. The van der Waals surface area contributed by atoms with Gasteiger partial charge in [0.05, 0.1) is 0 Å². The fourth-order valence-corrected chi connectivity index (χ4v) is 2.86. The van der Waals surface area contributed by atoms with E-state index in [-0.39, 0.29) is 0 Å². The molecule has 128 valence electrons. The van der Waals surface area contributed by atoms with Crippen molar-refractivity contribution >= 4 is 28.7 Å². The quantitative estimate of drug-likeness (QED) is 0.760. The molecule has 0 amide bonds. The molecular formula is C20H27N3S. The summed E-state index contributed by atoms with van der Waals surface area (Å²) >= 11 is 5.41. The molecule has 0 aliphatic heterocycles. The Morgan fingerprint density at radius 2 is 1.67 bits per heavy atom. The number of benzene rings is 2. The number of nitrogens with one attached hydrogen (secondary N) is 2. The maximum absolute atomic E-state index is 5.41. The first-order valence-electron chi connectivity index (χ1n) is 8.43. The maximum atomic E-state index is 5.41. The highest BCUT2D eigenvalue weighted by atomic mass is 32.1. The Balaban J connectivity index is 1.83. The van der Waals surface area contributed by atoms with E-state index in [4.69, 9.17) is 12.2 Å². The molecule has 0 saturated carbocycles. The molecule has 4 heteroatoms. The SMILES string of the molecule is CCN(CCNC(=S)Nc1ccc(C)cc1C)c1ccc(C)cc1. The van der Waals surface area contributed by atoms with Gasteiger partial charge >= 0.3 is 0 Å². The van der Waals surface area contributed by atoms with Gasteiger partial charge in [0.1, 0.15) is 0 Å². The molecule has 0 bridgehead atoms. The van der Waals surface area contributed by atoms with Crippen LogP contribution in [0.1, 0.15) is 23.6 Å². The van der Waals surface area contributed by atoms with Gasteiger partial charge in [-0.05, 0) is 63.7 Å². The normalized spacial score (nSPS) is 10.3. The largest absolute Gasteiger partial charge is 0.370 e. The minimum atomic E-state index is 0.668. The van der Waals surface area contributed by atoms with Gasteiger partial charge in [0.25, 0.3) is 0 Å². The van der Waals surface area contributed by atoms with E-state index >= 15 is 0 Å². The molecule has 0 aromatic heterocycles. The summed E-state index contributed by atoms with van der Waals surface area (Å²) in [6.45, 7) is 11.2. The van der Waals surface area contributed by atoms with Crippen molar-refractivity contribution in [1.82, 2.24) is 5.32 Å². The molecule has 0 aliphatic rings. The summed E-state index contributed by atoms with van der Waals surface area (Å²) < 4.78 is 0. The first-order chi connectivity index (χ1) is 11.5. The first kappa shape index (κ1) is 18.3. The van der Waals surface area contributed by atoms with E-state index < -0.39 is 0 Å². The van der Waals surface area contributed by atoms with Crippen molar-refractivity contribution < 1.29 is 0 Å². The van der Waals surface area contributed by atoms with E-state index in [9.17, 15) is 0 Å². The van der Waals surface area contributed by atoms with Crippen LogP contribution in [0, 0.1) is 20.8 Å². The molecule has 0 fully saturated rings. The third kappa shape index (κ3) is 5.24. The Bertz CT molecular complexity index is 680. The lowest BCUT2D eigenvalue weighted by Gasteiger charge is -2.24. The molecule has 0 heterocycles. The van der Waals surface area contributed by atoms with Gasteiger partial charge in [-0.1, -0.05) is 35.4 Å². The number of hydrogen-bond donors (Lipinski definition) is 2. The average Bonchev–Trinajstić information content (AvgIpc) is 2.55. The maximum Gasteiger partial charge on any atom is 0.170 e. The zero-order valence-electron chi connectivity index (χ0n) is 15.0. The van der Waals surface area contributed by atoms with Gasteiger partial charge in [-0.25, -0.2) is 0 Å². The number of anilines is 2. The summed E-state index contributed by atoms with van der Waals surface area (Å²) in [6, 6.07) is 15.0. The summed E-state index contributed by atoms with van der Waals surface area (Å²) in [5.74, 6) is 0. The van der Waals surface area contributed by atoms with Crippen molar-refractivity contribution in [3.8, 4) is 0 Å². The molecule has 2 rings (SSSR count). The summed E-state index contributed by atoms with van der Waals surface area (Å²) in [6.07, 6.45) is 0. The molecule has 0 radical (unpaired) electrons. The number of rotatable bonds is 6. The number of nitrogens with zero attached hydrogens (tertiary/aromatic N) is 1. The Labute approximate surface area is 151 Å². The van der Waals surface area contributed by atoms with Crippen LogP contribution in [0.4, 0.5) is 11.4 Å². The van der Waals surface area contributed by atoms with Gasteiger partial charge in [-0.3, -0.25) is 0 Å². The highest BCUT2D eigenvalue weighted by Gasteiger charge is 2.05. The third-order valence-electron chi connectivity index (χ3n) is 4.08. The minimum absolute atomic E-state index is 0.668. The number of hydrogen-bond acceptors (Lipinski definition) is 2. The lowest BCUT2D eigenvalue weighted by molar-refractivity contribution is 0.779. The monoisotopic (exact) mass is 341 g/mol. The van der Waals surface area contributed by atoms with Crippen LogP contribution in [-0.4, -0.2) is 24.7 Å². The van der Waals surface area contributed by atoms with E-state index in [0.717, 1.165) is 25.3 Å². The van der Waals surface area contributed by atoms with Gasteiger partial charge in [0.15, 0.2) is 5.11 Å². The molecule has 0 aliphatic carbocycles. The Kier molecular flexibility index (Phi) is 6.62. The number of thiocarbonyl (C=S) groups is 1. The van der Waals surface area contributed by atoms with E-state index in [2.05, 4.69) is 85.7 Å². The topological polar surface area (TPSA) is 27.3 Å². The second-order valence-electron chi connectivity index (χ2n) is 6.11. The summed E-state index contributed by atoms with van der Waals surface area (Å²) in [5, 5.41) is 7.24. The van der Waals surface area contributed by atoms with Crippen LogP contribution in [-0.2, 0) is 0 Å². The summed E-state index contributed by atoms with van der Waals surface area (Å²) in [5.41, 5.74) is 6.05. The van der Waals surface area contributed by atoms with Gasteiger partial charge in [0.2, 0.25) is 0 Å². The smallest absolute Gasteiger partial charge is 0.170 e. The molecule has 0 atom stereocenters. The molecule has 3 nitrogen and oxygen atoms in total. The fraction of sp³-hybridized carbons (Fsp3) is 0.350.